The molecule has 0 atom stereocenters. The first-order valence-electron chi connectivity index (χ1n) is 0.698. The summed E-state index contributed by atoms with van der Waals surface area (Å²) in [7, 11) is -4.67. The summed E-state index contributed by atoms with van der Waals surface area (Å²) >= 11 is 0. The fourth-order valence-corrected chi connectivity index (χ4v) is 0. The molecule has 0 saturated heterocycles. The Kier molecular flexibility index (Phi) is 10.4. The minimum atomic E-state index is -4.67. The molecular weight excluding hydrogens is 216 g/mol. The zero-order chi connectivity index (χ0) is 4.50. The average Bonchev–Trinajstić information content (AvgIpc) is 0.722. The van der Waals surface area contributed by atoms with E-state index in [4.69, 9.17) is 17.5 Å². The van der Waals surface area contributed by atoms with E-state index in [9.17, 15) is 0 Å². The summed E-state index contributed by atoms with van der Waals surface area (Å²) < 4.78 is 31.6. The summed E-state index contributed by atoms with van der Waals surface area (Å²) in [6.45, 7) is 0. The van der Waals surface area contributed by atoms with Gasteiger partial charge in [-0.3, -0.25) is 9.11 Å². The van der Waals surface area contributed by atoms with E-state index in [1.165, 1.54) is 0 Å². The van der Waals surface area contributed by atoms with Gasteiger partial charge >= 0.3 is 10.4 Å². The van der Waals surface area contributed by atoms with Crippen LogP contribution in [-0.2, 0) is 30.8 Å². The molecule has 0 bridgehead atoms. The van der Waals surface area contributed by atoms with Gasteiger partial charge in [-0.2, -0.15) is 8.42 Å². The molecule has 0 aliphatic heterocycles. The third-order valence-electron chi connectivity index (χ3n) is 0. The molecule has 0 aromatic rings. The van der Waals surface area contributed by atoms with E-state index in [-0.39, 0.29) is 26.6 Å². The Balaban J connectivity index is -0.0000000800. The molecule has 0 rings (SSSR count). The van der Waals surface area contributed by atoms with Crippen LogP contribution in [0.1, 0.15) is 0 Å². The van der Waals surface area contributed by atoms with Crippen LogP contribution in [0.25, 0.3) is 0 Å². The summed E-state index contributed by atoms with van der Waals surface area (Å²) in [4.78, 5) is 0. The summed E-state index contributed by atoms with van der Waals surface area (Å²) in [6.07, 6.45) is 0. The fraction of sp³-hybridized carbons (Fsp3) is 0. The fourth-order valence-electron chi connectivity index (χ4n) is 0. The first-order valence-corrected chi connectivity index (χ1v) is 2.10. The first-order chi connectivity index (χ1) is 2.00. The van der Waals surface area contributed by atoms with Crippen molar-refractivity contribution in [3.8, 4) is 0 Å². The Morgan fingerprint density at radius 2 is 1.14 bits per heavy atom. The molecule has 0 aromatic heterocycles. The van der Waals surface area contributed by atoms with Crippen molar-refractivity contribution in [1.29, 1.82) is 0 Å². The van der Waals surface area contributed by atoms with Crippen molar-refractivity contribution in [2.75, 3.05) is 0 Å². The van der Waals surface area contributed by atoms with Gasteiger partial charge in [0.2, 0.25) is 0 Å². The number of hydrogen-bond donors (Lipinski definition) is 3. The van der Waals surface area contributed by atoms with E-state index in [0.717, 1.165) is 0 Å². The van der Waals surface area contributed by atoms with Crippen LogP contribution >= 0.6 is 0 Å². The second-order valence-electron chi connectivity index (χ2n) is 0.448. The van der Waals surface area contributed by atoms with Gasteiger partial charge in [-0.1, -0.05) is 0 Å². The maximum Gasteiger partial charge on any atom is 0.394 e. The maximum atomic E-state index is 8.74. The molecule has 0 saturated carbocycles. The van der Waals surface area contributed by atoms with E-state index in [2.05, 4.69) is 0 Å². The van der Waals surface area contributed by atoms with Crippen molar-refractivity contribution in [1.82, 2.24) is 6.15 Å². The van der Waals surface area contributed by atoms with Crippen LogP contribution in [0.4, 0.5) is 0 Å². The largest absolute Gasteiger partial charge is 0.394 e. The zero-order valence-corrected chi connectivity index (χ0v) is 5.51. The zero-order valence-electron chi connectivity index (χ0n) is 3.14. The molecule has 0 radical (unpaired) electrons. The molecule has 0 spiro atoms. The van der Waals surface area contributed by atoms with E-state index < -0.39 is 10.4 Å². The summed E-state index contributed by atoms with van der Waals surface area (Å²) in [6, 6.07) is 0. The second kappa shape index (κ2) is 4.65. The molecule has 5 N–H and O–H groups in total. The normalized spacial score (nSPS) is 8.29. The molecule has 0 fully saturated rings. The van der Waals surface area contributed by atoms with Crippen LogP contribution in [0.3, 0.4) is 0 Å². The number of rotatable bonds is 0. The van der Waals surface area contributed by atoms with E-state index in [1.807, 2.05) is 0 Å². The van der Waals surface area contributed by atoms with E-state index >= 15 is 0 Å². The van der Waals surface area contributed by atoms with E-state index in [1.54, 1.807) is 0 Å². The minimum absolute atomic E-state index is 0. The molecule has 0 aliphatic rings. The van der Waals surface area contributed by atoms with Crippen LogP contribution in [0.2, 0.25) is 0 Å². The third kappa shape index (κ3) is 541. The summed E-state index contributed by atoms with van der Waals surface area (Å²) in [5.74, 6) is 0. The van der Waals surface area contributed by atoms with Crippen molar-refractivity contribution in [2.45, 2.75) is 0 Å². The quantitative estimate of drug-likeness (QED) is 0.378. The van der Waals surface area contributed by atoms with Crippen LogP contribution in [-0.4, -0.2) is 17.5 Å². The van der Waals surface area contributed by atoms with Crippen molar-refractivity contribution in [3.05, 3.63) is 0 Å². The Morgan fingerprint density at radius 1 is 1.14 bits per heavy atom. The van der Waals surface area contributed by atoms with Crippen molar-refractivity contribution in [3.63, 3.8) is 0 Å². The van der Waals surface area contributed by atoms with Crippen molar-refractivity contribution in [2.24, 2.45) is 0 Å². The Hall–Kier alpha value is 0.492. The summed E-state index contributed by atoms with van der Waals surface area (Å²) in [5, 5.41) is 0. The van der Waals surface area contributed by atoms with Gasteiger partial charge in [0, 0.05) is 20.4 Å². The molecule has 0 aliphatic carbocycles. The predicted molar refractivity (Wildman–Crippen MR) is 19.2 cm³/mol. The van der Waals surface area contributed by atoms with Gasteiger partial charge in [0.25, 0.3) is 0 Å². The van der Waals surface area contributed by atoms with E-state index in [0.29, 0.717) is 0 Å². The third-order valence-corrected chi connectivity index (χ3v) is 0. The molecule has 5 nitrogen and oxygen atoms in total. The van der Waals surface area contributed by atoms with Gasteiger partial charge in [0.15, 0.2) is 0 Å². The van der Waals surface area contributed by atoms with Crippen molar-refractivity contribution >= 4 is 10.4 Å². The van der Waals surface area contributed by atoms with Crippen molar-refractivity contribution < 1.29 is 37.9 Å². The topological polar surface area (TPSA) is 110 Å². The Morgan fingerprint density at radius 3 is 1.14 bits per heavy atom. The monoisotopic (exact) mass is 221 g/mol. The average molecular weight is 222 g/mol. The molecule has 0 aromatic carbocycles. The van der Waals surface area contributed by atoms with Gasteiger partial charge in [0.1, 0.15) is 0 Å². The molecule has 0 heterocycles. The Labute approximate surface area is 54.9 Å². The first kappa shape index (κ1) is 15.6. The van der Waals surface area contributed by atoms with Gasteiger partial charge < -0.3 is 6.15 Å². The molecule has 0 unspecified atom stereocenters. The van der Waals surface area contributed by atoms with Gasteiger partial charge in [-0.25, -0.2) is 0 Å². The van der Waals surface area contributed by atoms with Gasteiger partial charge in [-0.15, -0.1) is 0 Å². The van der Waals surface area contributed by atoms with Gasteiger partial charge in [0.05, 0.1) is 0 Å². The predicted octanol–water partition coefficient (Wildman–Crippen LogP) is -0.493. The van der Waals surface area contributed by atoms with Crippen LogP contribution in [0.5, 0.6) is 0 Å². The SMILES string of the molecule is N.O=S(=O)(O)O.[Pd]. The minimum Gasteiger partial charge on any atom is -0.344 e. The molecule has 7 heteroatoms. The van der Waals surface area contributed by atoms with Crippen LogP contribution in [0.15, 0.2) is 0 Å². The smallest absolute Gasteiger partial charge is 0.344 e. The molecular formula is H5NO4PdS. The molecule has 7 heavy (non-hydrogen) atoms. The van der Waals surface area contributed by atoms with Crippen LogP contribution < -0.4 is 6.15 Å². The standard InChI is InChI=1S/H3N.H2O4S.Pd/c;1-5(2,3)4;/h1H3;(H2,1,2,3,4);. The summed E-state index contributed by atoms with van der Waals surface area (Å²) in [5.41, 5.74) is 0. The second-order valence-corrected chi connectivity index (χ2v) is 1.34. The maximum absolute atomic E-state index is 8.74. The number of hydrogen-bond acceptors (Lipinski definition) is 3. The Bertz CT molecular complexity index is 94.9. The molecule has 50 valence electrons. The van der Waals surface area contributed by atoms with Crippen LogP contribution in [0, 0.1) is 0 Å². The van der Waals surface area contributed by atoms with Gasteiger partial charge in [-0.05, 0) is 0 Å². The molecule has 0 amide bonds.